The highest BCUT2D eigenvalue weighted by molar-refractivity contribution is 7.22. The molecule has 5 heteroatoms. The molecule has 2 rings (SSSR count). The Balaban J connectivity index is 2.79. The van der Waals surface area contributed by atoms with E-state index in [1.54, 1.807) is 11.3 Å². The third-order valence-corrected chi connectivity index (χ3v) is 3.05. The molecular formula is C7H8ClN3S. The van der Waals surface area contributed by atoms with E-state index in [-0.39, 0.29) is 0 Å². The first-order valence-corrected chi connectivity index (χ1v) is 4.71. The van der Waals surface area contributed by atoms with Crippen LogP contribution in [0, 0.1) is 0 Å². The summed E-state index contributed by atoms with van der Waals surface area (Å²) in [5.74, 6) is 0.885. The van der Waals surface area contributed by atoms with E-state index in [1.165, 1.54) is 0 Å². The summed E-state index contributed by atoms with van der Waals surface area (Å²) in [7, 11) is 3.77. The van der Waals surface area contributed by atoms with Crippen molar-refractivity contribution in [2.75, 3.05) is 12.4 Å². The van der Waals surface area contributed by atoms with Crippen molar-refractivity contribution in [2.45, 2.75) is 0 Å². The summed E-state index contributed by atoms with van der Waals surface area (Å²) >= 11 is 7.42. The zero-order chi connectivity index (χ0) is 8.72. The van der Waals surface area contributed by atoms with Crippen molar-refractivity contribution < 1.29 is 0 Å². The third-order valence-electron chi connectivity index (χ3n) is 1.72. The molecule has 0 aliphatic carbocycles. The number of anilines is 1. The summed E-state index contributed by atoms with van der Waals surface area (Å²) in [6.07, 6.45) is 0. The van der Waals surface area contributed by atoms with Crippen molar-refractivity contribution in [1.29, 1.82) is 0 Å². The first-order chi connectivity index (χ1) is 5.72. The highest BCUT2D eigenvalue weighted by Gasteiger charge is 2.09. The molecular weight excluding hydrogens is 194 g/mol. The molecule has 0 aliphatic heterocycles. The molecule has 1 N–H and O–H groups in total. The van der Waals surface area contributed by atoms with Crippen molar-refractivity contribution in [1.82, 2.24) is 9.78 Å². The summed E-state index contributed by atoms with van der Waals surface area (Å²) in [5, 5.41) is 8.38. The van der Waals surface area contributed by atoms with Crippen LogP contribution in [0.2, 0.25) is 4.34 Å². The van der Waals surface area contributed by atoms with E-state index < -0.39 is 0 Å². The van der Waals surface area contributed by atoms with E-state index in [0.717, 1.165) is 20.4 Å². The average Bonchev–Trinajstić information content (AvgIpc) is 2.52. The van der Waals surface area contributed by atoms with E-state index in [9.17, 15) is 0 Å². The van der Waals surface area contributed by atoms with E-state index in [2.05, 4.69) is 10.4 Å². The molecule has 12 heavy (non-hydrogen) atoms. The number of aryl methyl sites for hydroxylation is 1. The van der Waals surface area contributed by atoms with Gasteiger partial charge >= 0.3 is 0 Å². The molecule has 0 spiro atoms. The number of aromatic nitrogens is 2. The average molecular weight is 202 g/mol. The lowest BCUT2D eigenvalue weighted by Crippen LogP contribution is -1.92. The van der Waals surface area contributed by atoms with Crippen LogP contribution in [0.3, 0.4) is 0 Å². The van der Waals surface area contributed by atoms with Crippen LogP contribution in [-0.2, 0) is 7.05 Å². The summed E-state index contributed by atoms with van der Waals surface area (Å²) in [6, 6.07) is 1.93. The monoisotopic (exact) mass is 201 g/mol. The van der Waals surface area contributed by atoms with Crippen LogP contribution in [0.4, 0.5) is 5.82 Å². The molecule has 0 fully saturated rings. The number of nitrogens with zero attached hydrogens (tertiary/aromatic N) is 2. The predicted molar refractivity (Wildman–Crippen MR) is 53.1 cm³/mol. The number of hydrogen-bond acceptors (Lipinski definition) is 3. The molecule has 0 saturated heterocycles. The van der Waals surface area contributed by atoms with Gasteiger partial charge in [-0.25, -0.2) is 0 Å². The van der Waals surface area contributed by atoms with Gasteiger partial charge in [-0.15, -0.1) is 11.3 Å². The largest absolute Gasteiger partial charge is 0.371 e. The van der Waals surface area contributed by atoms with Crippen molar-refractivity contribution in [3.8, 4) is 0 Å². The fraction of sp³-hybridized carbons (Fsp3) is 0.286. The van der Waals surface area contributed by atoms with E-state index in [1.807, 2.05) is 24.8 Å². The normalized spacial score (nSPS) is 10.9. The molecule has 0 saturated carbocycles. The maximum Gasteiger partial charge on any atom is 0.156 e. The Hall–Kier alpha value is -0.740. The van der Waals surface area contributed by atoms with Crippen LogP contribution in [0.5, 0.6) is 0 Å². The third kappa shape index (κ3) is 0.990. The minimum Gasteiger partial charge on any atom is -0.371 e. The number of rotatable bonds is 1. The standard InChI is InChI=1S/C7H8ClN3S/c1-9-6-4-3-5(8)12-7(4)11(2)10-6/h3H,1-2H3,(H,9,10). The molecule has 0 radical (unpaired) electrons. The maximum absolute atomic E-state index is 5.87. The van der Waals surface area contributed by atoms with Gasteiger partial charge in [-0.1, -0.05) is 11.6 Å². The van der Waals surface area contributed by atoms with Gasteiger partial charge in [0.2, 0.25) is 0 Å². The fourth-order valence-corrected chi connectivity index (χ4v) is 2.32. The van der Waals surface area contributed by atoms with Crippen molar-refractivity contribution in [2.24, 2.45) is 7.05 Å². The first kappa shape index (κ1) is 7.89. The Bertz CT molecular complexity index is 417. The Morgan fingerprint density at radius 3 is 3.08 bits per heavy atom. The number of nitrogens with one attached hydrogen (secondary N) is 1. The smallest absolute Gasteiger partial charge is 0.156 e. The quantitative estimate of drug-likeness (QED) is 0.768. The second-order valence-corrected chi connectivity index (χ2v) is 4.15. The van der Waals surface area contributed by atoms with Gasteiger partial charge in [-0.3, -0.25) is 4.68 Å². The van der Waals surface area contributed by atoms with Gasteiger partial charge in [0.1, 0.15) is 4.83 Å². The van der Waals surface area contributed by atoms with Gasteiger partial charge in [0, 0.05) is 14.1 Å². The SMILES string of the molecule is CNc1nn(C)c2sc(Cl)cc12. The highest BCUT2D eigenvalue weighted by atomic mass is 35.5. The molecule has 0 bridgehead atoms. The lowest BCUT2D eigenvalue weighted by Gasteiger charge is -1.90. The van der Waals surface area contributed by atoms with E-state index in [0.29, 0.717) is 0 Å². The minimum atomic E-state index is 0.800. The van der Waals surface area contributed by atoms with Crippen LogP contribution in [-0.4, -0.2) is 16.8 Å². The van der Waals surface area contributed by atoms with Gasteiger partial charge < -0.3 is 5.32 Å². The summed E-state index contributed by atoms with van der Waals surface area (Å²) < 4.78 is 2.63. The zero-order valence-electron chi connectivity index (χ0n) is 6.76. The predicted octanol–water partition coefficient (Wildman–Crippen LogP) is 2.33. The Morgan fingerprint density at radius 2 is 2.42 bits per heavy atom. The number of halogens is 1. The van der Waals surface area contributed by atoms with E-state index in [4.69, 9.17) is 11.6 Å². The number of fused-ring (bicyclic) bond motifs is 1. The van der Waals surface area contributed by atoms with Crippen molar-refractivity contribution in [3.05, 3.63) is 10.4 Å². The van der Waals surface area contributed by atoms with Crippen LogP contribution in [0.15, 0.2) is 6.07 Å². The lowest BCUT2D eigenvalue weighted by molar-refractivity contribution is 0.805. The summed E-state index contributed by atoms with van der Waals surface area (Å²) in [4.78, 5) is 1.10. The molecule has 64 valence electrons. The van der Waals surface area contributed by atoms with Crippen LogP contribution >= 0.6 is 22.9 Å². The molecule has 0 aromatic carbocycles. The van der Waals surface area contributed by atoms with Crippen LogP contribution in [0.25, 0.3) is 10.2 Å². The highest BCUT2D eigenvalue weighted by Crippen LogP contribution is 2.33. The Labute approximate surface area is 78.9 Å². The molecule has 0 atom stereocenters. The molecule has 2 aromatic rings. The molecule has 3 nitrogen and oxygen atoms in total. The molecule has 2 aromatic heterocycles. The summed E-state index contributed by atoms with van der Waals surface area (Å²) in [5.41, 5.74) is 0. The molecule has 0 aliphatic rings. The number of thiophene rings is 1. The van der Waals surface area contributed by atoms with Gasteiger partial charge in [0.05, 0.1) is 9.72 Å². The first-order valence-electron chi connectivity index (χ1n) is 3.52. The van der Waals surface area contributed by atoms with Gasteiger partial charge in [0.15, 0.2) is 5.82 Å². The van der Waals surface area contributed by atoms with Crippen LogP contribution in [0.1, 0.15) is 0 Å². The van der Waals surface area contributed by atoms with Gasteiger partial charge in [0.25, 0.3) is 0 Å². The zero-order valence-corrected chi connectivity index (χ0v) is 8.33. The van der Waals surface area contributed by atoms with Crippen molar-refractivity contribution in [3.63, 3.8) is 0 Å². The lowest BCUT2D eigenvalue weighted by atomic mass is 10.4. The van der Waals surface area contributed by atoms with E-state index >= 15 is 0 Å². The Kier molecular flexibility index (Phi) is 1.73. The Morgan fingerprint density at radius 1 is 1.67 bits per heavy atom. The van der Waals surface area contributed by atoms with Gasteiger partial charge in [-0.2, -0.15) is 5.10 Å². The van der Waals surface area contributed by atoms with Crippen molar-refractivity contribution >= 4 is 39.0 Å². The molecule has 2 heterocycles. The summed E-state index contributed by atoms with van der Waals surface area (Å²) in [6.45, 7) is 0. The van der Waals surface area contributed by atoms with Crippen LogP contribution < -0.4 is 5.32 Å². The van der Waals surface area contributed by atoms with Gasteiger partial charge in [-0.05, 0) is 6.07 Å². The molecule has 0 amide bonds. The number of hydrogen-bond donors (Lipinski definition) is 1. The fourth-order valence-electron chi connectivity index (χ4n) is 1.20. The topological polar surface area (TPSA) is 29.9 Å². The second kappa shape index (κ2) is 2.64. The maximum atomic E-state index is 5.87. The molecule has 0 unspecified atom stereocenters. The second-order valence-electron chi connectivity index (χ2n) is 2.49. The minimum absolute atomic E-state index is 0.800.